The van der Waals surface area contributed by atoms with Crippen LogP contribution >= 0.6 is 0 Å². The van der Waals surface area contributed by atoms with Gasteiger partial charge in [0.15, 0.2) is 5.82 Å². The summed E-state index contributed by atoms with van der Waals surface area (Å²) in [6.07, 6.45) is 2.30. The number of hydrogen-bond donors (Lipinski definition) is 2. The molecule has 1 unspecified atom stereocenters. The van der Waals surface area contributed by atoms with E-state index >= 15 is 0 Å². The molecule has 0 radical (unpaired) electrons. The van der Waals surface area contributed by atoms with Gasteiger partial charge in [-0.3, -0.25) is 4.79 Å². The van der Waals surface area contributed by atoms with E-state index in [2.05, 4.69) is 15.5 Å². The van der Waals surface area contributed by atoms with Gasteiger partial charge in [0.1, 0.15) is 6.07 Å². The minimum absolute atomic E-state index is 0.0149. The maximum Gasteiger partial charge on any atom is 0.303 e. The van der Waals surface area contributed by atoms with E-state index in [0.29, 0.717) is 17.9 Å². The summed E-state index contributed by atoms with van der Waals surface area (Å²) in [5, 5.41) is 28.0. The zero-order chi connectivity index (χ0) is 12.7. The Bertz CT molecular complexity index is 428. The Morgan fingerprint density at radius 1 is 1.71 bits per heavy atom. The molecule has 0 fully saturated rings. The van der Waals surface area contributed by atoms with Gasteiger partial charge in [-0.05, 0) is 12.0 Å². The van der Waals surface area contributed by atoms with Crippen LogP contribution in [-0.4, -0.2) is 27.8 Å². The summed E-state index contributed by atoms with van der Waals surface area (Å²) in [5.74, 6) is -0.404. The van der Waals surface area contributed by atoms with Crippen LogP contribution in [0.3, 0.4) is 0 Å². The largest absolute Gasteiger partial charge is 0.481 e. The lowest BCUT2D eigenvalue weighted by atomic mass is 10.0. The van der Waals surface area contributed by atoms with Gasteiger partial charge in [-0.2, -0.15) is 10.4 Å². The molecular formula is C11H14N4O2. The lowest BCUT2D eigenvalue weighted by molar-refractivity contribution is -0.138. The summed E-state index contributed by atoms with van der Waals surface area (Å²) in [6, 6.07) is 3.56. The molecule has 0 amide bonds. The molecule has 0 saturated heterocycles. The second-order valence-electron chi connectivity index (χ2n) is 3.66. The maximum absolute atomic E-state index is 10.6. The third kappa shape index (κ3) is 4.07. The zero-order valence-corrected chi connectivity index (χ0v) is 9.55. The van der Waals surface area contributed by atoms with Crippen LogP contribution in [0.5, 0.6) is 0 Å². The van der Waals surface area contributed by atoms with Crippen molar-refractivity contribution in [2.45, 2.75) is 19.8 Å². The fourth-order valence-electron chi connectivity index (χ4n) is 1.40. The summed E-state index contributed by atoms with van der Waals surface area (Å²) >= 11 is 0. The van der Waals surface area contributed by atoms with Crippen LogP contribution in [0, 0.1) is 17.2 Å². The first-order chi connectivity index (χ1) is 8.17. The second kappa shape index (κ2) is 6.43. The standard InChI is InChI=1S/C11H14N4O2/c1-2-8(5-10(16)17)7-13-11-9(6-12)3-4-14-15-11/h3-4,8H,2,5,7H2,1H3,(H,13,15)(H,16,17). The molecule has 1 aromatic rings. The number of aromatic nitrogens is 2. The zero-order valence-electron chi connectivity index (χ0n) is 9.55. The molecule has 0 aliphatic heterocycles. The van der Waals surface area contributed by atoms with Gasteiger partial charge in [0.05, 0.1) is 11.8 Å². The topological polar surface area (TPSA) is 98.9 Å². The third-order valence-corrected chi connectivity index (χ3v) is 2.44. The van der Waals surface area contributed by atoms with Crippen LogP contribution in [0.25, 0.3) is 0 Å². The van der Waals surface area contributed by atoms with Crippen LogP contribution < -0.4 is 5.32 Å². The number of carboxylic acid groups (broad SMARTS) is 1. The number of anilines is 1. The number of hydrogen-bond acceptors (Lipinski definition) is 5. The van der Waals surface area contributed by atoms with Crippen molar-refractivity contribution >= 4 is 11.8 Å². The summed E-state index contributed by atoms with van der Waals surface area (Å²) in [7, 11) is 0. The summed E-state index contributed by atoms with van der Waals surface area (Å²) < 4.78 is 0. The molecule has 0 spiro atoms. The van der Waals surface area contributed by atoms with Gasteiger partial charge in [0.25, 0.3) is 0 Å². The van der Waals surface area contributed by atoms with Gasteiger partial charge < -0.3 is 10.4 Å². The summed E-state index contributed by atoms with van der Waals surface area (Å²) in [6.45, 7) is 2.40. The minimum Gasteiger partial charge on any atom is -0.481 e. The Morgan fingerprint density at radius 3 is 3.06 bits per heavy atom. The van der Waals surface area contributed by atoms with Gasteiger partial charge in [-0.1, -0.05) is 13.3 Å². The van der Waals surface area contributed by atoms with E-state index in [1.807, 2.05) is 13.0 Å². The molecule has 0 aliphatic rings. The normalized spacial score (nSPS) is 11.5. The molecule has 17 heavy (non-hydrogen) atoms. The van der Waals surface area contributed by atoms with Crippen molar-refractivity contribution in [1.82, 2.24) is 10.2 Å². The van der Waals surface area contributed by atoms with Gasteiger partial charge in [0.2, 0.25) is 0 Å². The first-order valence-electron chi connectivity index (χ1n) is 5.34. The van der Waals surface area contributed by atoms with Crippen LogP contribution in [-0.2, 0) is 4.79 Å². The number of nitriles is 1. The molecule has 0 bridgehead atoms. The molecule has 1 aromatic heterocycles. The molecule has 6 nitrogen and oxygen atoms in total. The van der Waals surface area contributed by atoms with E-state index in [9.17, 15) is 4.79 Å². The smallest absolute Gasteiger partial charge is 0.303 e. The Hall–Kier alpha value is -2.16. The highest BCUT2D eigenvalue weighted by Crippen LogP contribution is 2.12. The van der Waals surface area contributed by atoms with E-state index in [4.69, 9.17) is 10.4 Å². The molecule has 1 rings (SSSR count). The van der Waals surface area contributed by atoms with Crippen molar-refractivity contribution in [2.75, 3.05) is 11.9 Å². The minimum atomic E-state index is -0.821. The predicted octanol–water partition coefficient (Wildman–Crippen LogP) is 1.26. The number of carbonyl (C=O) groups is 1. The quantitative estimate of drug-likeness (QED) is 0.768. The first-order valence-corrected chi connectivity index (χ1v) is 5.34. The average molecular weight is 234 g/mol. The van der Waals surface area contributed by atoms with E-state index < -0.39 is 5.97 Å². The first kappa shape index (κ1) is 12.9. The highest BCUT2D eigenvalue weighted by molar-refractivity contribution is 5.67. The number of nitrogens with one attached hydrogen (secondary N) is 1. The lowest BCUT2D eigenvalue weighted by Crippen LogP contribution is -2.18. The Morgan fingerprint density at radius 2 is 2.47 bits per heavy atom. The van der Waals surface area contributed by atoms with E-state index in [0.717, 1.165) is 6.42 Å². The third-order valence-electron chi connectivity index (χ3n) is 2.44. The Kier molecular flexibility index (Phi) is 4.88. The fourth-order valence-corrected chi connectivity index (χ4v) is 1.40. The van der Waals surface area contributed by atoms with Crippen LogP contribution in [0.1, 0.15) is 25.3 Å². The monoisotopic (exact) mass is 234 g/mol. The average Bonchev–Trinajstić information content (AvgIpc) is 2.34. The number of rotatable bonds is 6. The second-order valence-corrected chi connectivity index (χ2v) is 3.66. The van der Waals surface area contributed by atoms with Crippen molar-refractivity contribution in [3.8, 4) is 6.07 Å². The van der Waals surface area contributed by atoms with Gasteiger partial charge in [-0.25, -0.2) is 0 Å². The number of carboxylic acids is 1. The van der Waals surface area contributed by atoms with Crippen LogP contribution in [0.2, 0.25) is 0 Å². The van der Waals surface area contributed by atoms with Crippen molar-refractivity contribution in [3.63, 3.8) is 0 Å². The molecule has 1 atom stereocenters. The molecule has 90 valence electrons. The highest BCUT2D eigenvalue weighted by atomic mass is 16.4. The van der Waals surface area contributed by atoms with Crippen molar-refractivity contribution in [1.29, 1.82) is 5.26 Å². The Labute approximate surface area is 99.3 Å². The molecule has 0 saturated carbocycles. The van der Waals surface area contributed by atoms with Gasteiger partial charge >= 0.3 is 5.97 Å². The molecule has 6 heteroatoms. The summed E-state index contributed by atoms with van der Waals surface area (Å²) in [4.78, 5) is 10.6. The highest BCUT2D eigenvalue weighted by Gasteiger charge is 2.12. The van der Waals surface area contributed by atoms with E-state index in [-0.39, 0.29) is 12.3 Å². The Balaban J connectivity index is 2.60. The molecule has 0 aromatic carbocycles. The lowest BCUT2D eigenvalue weighted by Gasteiger charge is -2.13. The fraction of sp³-hybridized carbons (Fsp3) is 0.455. The summed E-state index contributed by atoms with van der Waals surface area (Å²) in [5.41, 5.74) is 0.408. The molecule has 1 heterocycles. The van der Waals surface area contributed by atoms with Gasteiger partial charge in [0, 0.05) is 13.0 Å². The van der Waals surface area contributed by atoms with Gasteiger partial charge in [-0.15, -0.1) is 5.10 Å². The number of aliphatic carboxylic acids is 1. The van der Waals surface area contributed by atoms with E-state index in [1.54, 1.807) is 6.07 Å². The molecular weight excluding hydrogens is 220 g/mol. The molecule has 2 N–H and O–H groups in total. The predicted molar refractivity (Wildman–Crippen MR) is 61.3 cm³/mol. The number of nitrogens with zero attached hydrogens (tertiary/aromatic N) is 3. The van der Waals surface area contributed by atoms with Crippen molar-refractivity contribution < 1.29 is 9.90 Å². The van der Waals surface area contributed by atoms with Crippen LogP contribution in [0.4, 0.5) is 5.82 Å². The van der Waals surface area contributed by atoms with Crippen molar-refractivity contribution in [3.05, 3.63) is 17.8 Å². The molecule has 0 aliphatic carbocycles. The maximum atomic E-state index is 10.6. The SMILES string of the molecule is CCC(CNc1nnccc1C#N)CC(=O)O. The van der Waals surface area contributed by atoms with Crippen molar-refractivity contribution in [2.24, 2.45) is 5.92 Å². The van der Waals surface area contributed by atoms with Crippen LogP contribution in [0.15, 0.2) is 12.3 Å². The van der Waals surface area contributed by atoms with E-state index in [1.165, 1.54) is 6.20 Å².